The minimum Gasteiger partial charge on any atom is -0.344 e. The molecule has 0 bridgehead atoms. The van der Waals surface area contributed by atoms with Crippen molar-refractivity contribution in [1.82, 2.24) is 10.2 Å². The van der Waals surface area contributed by atoms with Gasteiger partial charge >= 0.3 is 0 Å². The second-order valence-corrected chi connectivity index (χ2v) is 3.19. The first kappa shape index (κ1) is 9.08. The Hall–Kier alpha value is -1.01. The normalized spacial score (nSPS) is 29.1. The highest BCUT2D eigenvalue weighted by Crippen LogP contribution is 2.24. The molecule has 66 valence electrons. The maximum atomic E-state index is 11.6. The lowest BCUT2D eigenvalue weighted by molar-refractivity contribution is -0.131. The van der Waals surface area contributed by atoms with Crippen molar-refractivity contribution in [3.63, 3.8) is 0 Å². The number of likely N-dealkylation sites (tertiary alicyclic amines) is 1. The highest BCUT2D eigenvalue weighted by Gasteiger charge is 2.43. The summed E-state index contributed by atoms with van der Waals surface area (Å²) in [5.74, 6) is 2.66. The molecular formula is C9H14N2O. The summed E-state index contributed by atoms with van der Waals surface area (Å²) >= 11 is 0. The molecule has 0 aromatic carbocycles. The van der Waals surface area contributed by atoms with E-state index in [0.29, 0.717) is 6.42 Å². The fourth-order valence-corrected chi connectivity index (χ4v) is 1.59. The Morgan fingerprint density at radius 1 is 1.83 bits per heavy atom. The molecule has 1 unspecified atom stereocenters. The number of likely N-dealkylation sites (N-methyl/N-ethyl adjacent to an activating group) is 2. The summed E-state index contributed by atoms with van der Waals surface area (Å²) in [6.07, 6.45) is 6.50. The first-order valence-corrected chi connectivity index (χ1v) is 4.04. The topological polar surface area (TPSA) is 32.3 Å². The molecule has 1 rings (SSSR count). The molecule has 0 aromatic rings. The summed E-state index contributed by atoms with van der Waals surface area (Å²) in [6, 6.07) is 0. The second kappa shape index (κ2) is 3.16. The van der Waals surface area contributed by atoms with Gasteiger partial charge < -0.3 is 10.2 Å². The number of amides is 1. The lowest BCUT2D eigenvalue weighted by Gasteiger charge is -2.23. The standard InChI is InChI=1S/C9H14N2O/c1-4-5-9(10-2)6-7-11(3)8(9)12/h1,10H,5-7H2,2-3H3. The first-order chi connectivity index (χ1) is 5.66. The van der Waals surface area contributed by atoms with E-state index in [9.17, 15) is 4.79 Å². The van der Waals surface area contributed by atoms with Gasteiger partial charge in [0.2, 0.25) is 5.91 Å². The van der Waals surface area contributed by atoms with E-state index in [1.54, 1.807) is 19.0 Å². The number of hydrogen-bond acceptors (Lipinski definition) is 2. The van der Waals surface area contributed by atoms with E-state index in [2.05, 4.69) is 11.2 Å². The zero-order chi connectivity index (χ0) is 9.19. The molecule has 1 heterocycles. The number of hydrogen-bond donors (Lipinski definition) is 1. The van der Waals surface area contributed by atoms with Gasteiger partial charge in [-0.05, 0) is 13.5 Å². The van der Waals surface area contributed by atoms with Crippen LogP contribution in [-0.2, 0) is 4.79 Å². The average molecular weight is 166 g/mol. The van der Waals surface area contributed by atoms with Gasteiger partial charge in [0.25, 0.3) is 0 Å². The molecular weight excluding hydrogens is 152 g/mol. The summed E-state index contributed by atoms with van der Waals surface area (Å²) in [5, 5.41) is 3.02. The molecule has 1 N–H and O–H groups in total. The molecule has 12 heavy (non-hydrogen) atoms. The molecule has 0 spiro atoms. The Balaban J connectivity index is 2.82. The van der Waals surface area contributed by atoms with Crippen molar-refractivity contribution < 1.29 is 4.79 Å². The molecule has 3 heteroatoms. The molecule has 3 nitrogen and oxygen atoms in total. The monoisotopic (exact) mass is 166 g/mol. The van der Waals surface area contributed by atoms with Crippen LogP contribution in [0, 0.1) is 12.3 Å². The Morgan fingerprint density at radius 2 is 2.50 bits per heavy atom. The number of rotatable bonds is 2. The van der Waals surface area contributed by atoms with Crippen LogP contribution in [0.4, 0.5) is 0 Å². The minimum atomic E-state index is -0.483. The number of nitrogens with zero attached hydrogens (tertiary/aromatic N) is 1. The molecule has 1 aliphatic heterocycles. The maximum Gasteiger partial charge on any atom is 0.243 e. The predicted octanol–water partition coefficient (Wildman–Crippen LogP) is -0.170. The zero-order valence-electron chi connectivity index (χ0n) is 7.55. The van der Waals surface area contributed by atoms with Crippen molar-refractivity contribution in [2.75, 3.05) is 20.6 Å². The van der Waals surface area contributed by atoms with Crippen molar-refractivity contribution in [2.45, 2.75) is 18.4 Å². The molecule has 1 saturated heterocycles. The fourth-order valence-electron chi connectivity index (χ4n) is 1.59. The Labute approximate surface area is 73.1 Å². The van der Waals surface area contributed by atoms with E-state index in [-0.39, 0.29) is 5.91 Å². The Kier molecular flexibility index (Phi) is 2.39. The van der Waals surface area contributed by atoms with Crippen LogP contribution in [0.2, 0.25) is 0 Å². The largest absolute Gasteiger partial charge is 0.344 e. The molecule has 0 aliphatic carbocycles. The highest BCUT2D eigenvalue weighted by molar-refractivity contribution is 5.88. The predicted molar refractivity (Wildman–Crippen MR) is 47.5 cm³/mol. The first-order valence-electron chi connectivity index (χ1n) is 4.04. The third-order valence-corrected chi connectivity index (χ3v) is 2.51. The molecule has 1 fully saturated rings. The Bertz CT molecular complexity index is 231. The summed E-state index contributed by atoms with van der Waals surface area (Å²) in [6.45, 7) is 0.793. The van der Waals surface area contributed by atoms with E-state index >= 15 is 0 Å². The highest BCUT2D eigenvalue weighted by atomic mass is 16.2. The average Bonchev–Trinajstić information content (AvgIpc) is 2.35. The zero-order valence-corrected chi connectivity index (χ0v) is 7.55. The van der Waals surface area contributed by atoms with Gasteiger partial charge in [0.05, 0.1) is 0 Å². The number of carbonyl (C=O) groups is 1. The van der Waals surface area contributed by atoms with Gasteiger partial charge in [-0.3, -0.25) is 4.79 Å². The van der Waals surface area contributed by atoms with Crippen molar-refractivity contribution in [3.8, 4) is 12.3 Å². The van der Waals surface area contributed by atoms with E-state index in [1.165, 1.54) is 0 Å². The summed E-state index contributed by atoms with van der Waals surface area (Å²) in [7, 11) is 3.59. The van der Waals surface area contributed by atoms with Crippen LogP contribution in [0.5, 0.6) is 0 Å². The van der Waals surface area contributed by atoms with Gasteiger partial charge in [-0.2, -0.15) is 0 Å². The van der Waals surface area contributed by atoms with Crippen LogP contribution in [0.25, 0.3) is 0 Å². The van der Waals surface area contributed by atoms with Crippen LogP contribution in [-0.4, -0.2) is 37.0 Å². The van der Waals surface area contributed by atoms with Crippen LogP contribution < -0.4 is 5.32 Å². The van der Waals surface area contributed by atoms with Crippen LogP contribution in [0.1, 0.15) is 12.8 Å². The Morgan fingerprint density at radius 3 is 2.83 bits per heavy atom. The molecule has 0 radical (unpaired) electrons. The third kappa shape index (κ3) is 1.19. The van der Waals surface area contributed by atoms with Crippen LogP contribution >= 0.6 is 0 Å². The molecule has 1 aliphatic rings. The van der Waals surface area contributed by atoms with Gasteiger partial charge in [-0.1, -0.05) is 0 Å². The summed E-state index contributed by atoms with van der Waals surface area (Å²) in [4.78, 5) is 13.3. The smallest absolute Gasteiger partial charge is 0.243 e. The van der Waals surface area contributed by atoms with Crippen molar-refractivity contribution in [2.24, 2.45) is 0 Å². The number of nitrogens with one attached hydrogen (secondary N) is 1. The van der Waals surface area contributed by atoms with E-state index in [0.717, 1.165) is 13.0 Å². The van der Waals surface area contributed by atoms with E-state index in [4.69, 9.17) is 6.42 Å². The molecule has 0 aromatic heterocycles. The SMILES string of the molecule is C#CCC1(NC)CCN(C)C1=O. The van der Waals surface area contributed by atoms with Gasteiger partial charge in [0.1, 0.15) is 5.54 Å². The van der Waals surface area contributed by atoms with Crippen LogP contribution in [0.15, 0.2) is 0 Å². The lowest BCUT2D eigenvalue weighted by atomic mass is 9.94. The van der Waals surface area contributed by atoms with Crippen LogP contribution in [0.3, 0.4) is 0 Å². The van der Waals surface area contributed by atoms with Crippen molar-refractivity contribution in [3.05, 3.63) is 0 Å². The van der Waals surface area contributed by atoms with Gasteiger partial charge in [-0.25, -0.2) is 0 Å². The molecule has 1 atom stereocenters. The summed E-state index contributed by atoms with van der Waals surface area (Å²) in [5.41, 5.74) is -0.483. The van der Waals surface area contributed by atoms with E-state index < -0.39 is 5.54 Å². The van der Waals surface area contributed by atoms with Crippen molar-refractivity contribution >= 4 is 5.91 Å². The molecule has 1 amide bonds. The minimum absolute atomic E-state index is 0.114. The maximum absolute atomic E-state index is 11.6. The summed E-state index contributed by atoms with van der Waals surface area (Å²) < 4.78 is 0. The van der Waals surface area contributed by atoms with E-state index in [1.807, 2.05) is 0 Å². The van der Waals surface area contributed by atoms with Crippen molar-refractivity contribution in [1.29, 1.82) is 0 Å². The van der Waals surface area contributed by atoms with Gasteiger partial charge in [-0.15, -0.1) is 12.3 Å². The molecule has 0 saturated carbocycles. The quantitative estimate of drug-likeness (QED) is 0.578. The third-order valence-electron chi connectivity index (χ3n) is 2.51. The fraction of sp³-hybridized carbons (Fsp3) is 0.667. The van der Waals surface area contributed by atoms with Gasteiger partial charge in [0, 0.05) is 20.0 Å². The number of carbonyl (C=O) groups excluding carboxylic acids is 1. The number of terminal acetylenes is 1. The van der Waals surface area contributed by atoms with Gasteiger partial charge in [0.15, 0.2) is 0 Å². The lowest BCUT2D eigenvalue weighted by Crippen LogP contribution is -2.49. The second-order valence-electron chi connectivity index (χ2n) is 3.19.